The highest BCUT2D eigenvalue weighted by Crippen LogP contribution is 2.19. The van der Waals surface area contributed by atoms with Gasteiger partial charge in [-0.2, -0.15) is 0 Å². The molecule has 6 heteroatoms. The lowest BCUT2D eigenvalue weighted by Crippen LogP contribution is -2.24. The number of para-hydroxylation sites is 1. The number of rotatable bonds is 5. The van der Waals surface area contributed by atoms with Gasteiger partial charge in [-0.05, 0) is 57.0 Å². The normalized spacial score (nSPS) is 10.4. The average molecular weight is 415 g/mol. The molecule has 0 bridgehead atoms. The number of ketones is 1. The first-order chi connectivity index (χ1) is 10.0. The number of Topliss-reactive ketones (excluding diaryl/α,β-unsaturated/α-hetero) is 1. The quantitative estimate of drug-likeness (QED) is 0.701. The smallest absolute Gasteiger partial charge is 0.265 e. The lowest BCUT2D eigenvalue weighted by atomic mass is 10.1. The van der Waals surface area contributed by atoms with E-state index in [0.29, 0.717) is 22.4 Å². The summed E-state index contributed by atoms with van der Waals surface area (Å²) in [7, 11) is 0. The molecule has 0 atom stereocenters. The Labute approximate surface area is 139 Å². The van der Waals surface area contributed by atoms with Crippen LogP contribution >= 0.6 is 31.9 Å². The van der Waals surface area contributed by atoms with Crippen molar-refractivity contribution in [2.24, 2.45) is 0 Å². The second kappa shape index (κ2) is 7.04. The van der Waals surface area contributed by atoms with E-state index in [1.54, 1.807) is 30.5 Å². The lowest BCUT2D eigenvalue weighted by molar-refractivity contribution is 0.0967. The Balaban J connectivity index is 2.33. The van der Waals surface area contributed by atoms with Gasteiger partial charge in [0.25, 0.3) is 5.56 Å². The van der Waals surface area contributed by atoms with E-state index in [-0.39, 0.29) is 17.9 Å². The molecule has 1 aromatic heterocycles. The Morgan fingerprint density at radius 3 is 2.71 bits per heavy atom. The van der Waals surface area contributed by atoms with E-state index in [0.717, 1.165) is 4.47 Å². The molecule has 0 saturated heterocycles. The Morgan fingerprint density at radius 1 is 1.29 bits per heavy atom. The summed E-state index contributed by atoms with van der Waals surface area (Å²) >= 11 is 6.49. The van der Waals surface area contributed by atoms with Crippen LogP contribution in [-0.2, 0) is 6.54 Å². The van der Waals surface area contributed by atoms with Crippen LogP contribution in [0.4, 0.5) is 0 Å². The molecule has 110 valence electrons. The number of halogens is 2. The monoisotopic (exact) mass is 413 g/mol. The van der Waals surface area contributed by atoms with Gasteiger partial charge in [-0.1, -0.05) is 12.1 Å². The van der Waals surface area contributed by atoms with Crippen molar-refractivity contribution in [1.82, 2.24) is 4.57 Å². The van der Waals surface area contributed by atoms with E-state index in [9.17, 15) is 9.59 Å². The van der Waals surface area contributed by atoms with Gasteiger partial charge in [0, 0.05) is 10.7 Å². The molecule has 0 aliphatic carbocycles. The van der Waals surface area contributed by atoms with Crippen molar-refractivity contribution in [3.8, 4) is 5.75 Å². The lowest BCUT2D eigenvalue weighted by Gasteiger charge is -2.10. The van der Waals surface area contributed by atoms with Crippen molar-refractivity contribution >= 4 is 37.6 Å². The molecule has 0 amide bonds. The van der Waals surface area contributed by atoms with E-state index in [1.165, 1.54) is 4.57 Å². The van der Waals surface area contributed by atoms with E-state index >= 15 is 0 Å². The topological polar surface area (TPSA) is 48.3 Å². The van der Waals surface area contributed by atoms with Crippen LogP contribution in [0.3, 0.4) is 0 Å². The van der Waals surface area contributed by atoms with E-state index in [4.69, 9.17) is 4.74 Å². The van der Waals surface area contributed by atoms with Crippen molar-refractivity contribution in [1.29, 1.82) is 0 Å². The van der Waals surface area contributed by atoms with Crippen LogP contribution in [0.25, 0.3) is 0 Å². The summed E-state index contributed by atoms with van der Waals surface area (Å²) in [6.45, 7) is 2.30. The van der Waals surface area contributed by atoms with Crippen molar-refractivity contribution in [3.63, 3.8) is 0 Å². The third kappa shape index (κ3) is 3.83. The highest BCUT2D eigenvalue weighted by atomic mass is 79.9. The number of hydrogen-bond donors (Lipinski definition) is 0. The second-order valence-electron chi connectivity index (χ2n) is 4.29. The molecular weight excluding hydrogens is 402 g/mol. The van der Waals surface area contributed by atoms with Gasteiger partial charge in [-0.3, -0.25) is 9.59 Å². The molecule has 2 aromatic rings. The fourth-order valence-corrected chi connectivity index (χ4v) is 3.16. The highest BCUT2D eigenvalue weighted by molar-refractivity contribution is 9.11. The molecule has 1 heterocycles. The number of hydrogen-bond acceptors (Lipinski definition) is 3. The predicted molar refractivity (Wildman–Crippen MR) is 88.0 cm³/mol. The van der Waals surface area contributed by atoms with Gasteiger partial charge < -0.3 is 9.30 Å². The molecule has 0 fully saturated rings. The third-order valence-corrected chi connectivity index (χ3v) is 3.81. The van der Waals surface area contributed by atoms with Crippen molar-refractivity contribution in [2.75, 3.05) is 6.61 Å². The Hall–Kier alpha value is -1.40. The zero-order valence-electron chi connectivity index (χ0n) is 11.3. The van der Waals surface area contributed by atoms with Crippen LogP contribution in [-0.4, -0.2) is 17.0 Å². The van der Waals surface area contributed by atoms with Gasteiger partial charge in [-0.15, -0.1) is 0 Å². The molecule has 21 heavy (non-hydrogen) atoms. The van der Waals surface area contributed by atoms with Crippen LogP contribution in [0.5, 0.6) is 5.75 Å². The molecule has 0 N–H and O–H groups in total. The first-order valence-corrected chi connectivity index (χ1v) is 7.92. The number of ether oxygens (including phenoxy) is 1. The van der Waals surface area contributed by atoms with Gasteiger partial charge in [-0.25, -0.2) is 0 Å². The van der Waals surface area contributed by atoms with Crippen molar-refractivity contribution in [2.45, 2.75) is 13.5 Å². The number of pyridine rings is 1. The number of nitrogens with zero attached hydrogens (tertiary/aromatic N) is 1. The first-order valence-electron chi connectivity index (χ1n) is 6.33. The van der Waals surface area contributed by atoms with Crippen LogP contribution < -0.4 is 10.3 Å². The molecule has 4 nitrogen and oxygen atoms in total. The highest BCUT2D eigenvalue weighted by Gasteiger charge is 2.14. The number of aromatic nitrogens is 1. The second-order valence-corrected chi connectivity index (χ2v) is 6.06. The summed E-state index contributed by atoms with van der Waals surface area (Å²) in [6.07, 6.45) is 1.59. The summed E-state index contributed by atoms with van der Waals surface area (Å²) < 4.78 is 7.93. The SMILES string of the molecule is CCOc1ccccc1C(=O)Cn1cc(Br)cc(Br)c1=O. The molecule has 1 aromatic carbocycles. The summed E-state index contributed by atoms with van der Waals surface area (Å²) in [5.74, 6) is 0.360. The summed E-state index contributed by atoms with van der Waals surface area (Å²) in [5.41, 5.74) is 0.225. The van der Waals surface area contributed by atoms with Gasteiger partial charge >= 0.3 is 0 Å². The van der Waals surface area contributed by atoms with Gasteiger partial charge in [0.05, 0.1) is 23.2 Å². The molecule has 0 aliphatic rings. The van der Waals surface area contributed by atoms with Crippen LogP contribution in [0.2, 0.25) is 0 Å². The standard InChI is InChI=1S/C15H13Br2NO3/c1-2-21-14-6-4-3-5-11(14)13(19)9-18-8-10(16)7-12(17)15(18)20/h3-8H,2,9H2,1H3. The van der Waals surface area contributed by atoms with Gasteiger partial charge in [0.15, 0.2) is 5.78 Å². The molecule has 0 radical (unpaired) electrons. The maximum atomic E-state index is 12.4. The molecule has 0 aliphatic heterocycles. The Bertz CT molecular complexity index is 725. The van der Waals surface area contributed by atoms with Crippen molar-refractivity contribution < 1.29 is 9.53 Å². The zero-order valence-corrected chi connectivity index (χ0v) is 14.5. The minimum atomic E-state index is -0.250. The molecular formula is C15H13Br2NO3. The molecule has 0 spiro atoms. The van der Waals surface area contributed by atoms with Crippen LogP contribution in [0.1, 0.15) is 17.3 Å². The third-order valence-electron chi connectivity index (χ3n) is 2.81. The Morgan fingerprint density at radius 2 is 2.00 bits per heavy atom. The average Bonchev–Trinajstić information content (AvgIpc) is 2.45. The van der Waals surface area contributed by atoms with Crippen molar-refractivity contribution in [3.05, 3.63) is 61.4 Å². The zero-order chi connectivity index (χ0) is 15.4. The molecule has 2 rings (SSSR count). The van der Waals surface area contributed by atoms with E-state index in [2.05, 4.69) is 31.9 Å². The first kappa shape index (κ1) is 16.0. The predicted octanol–water partition coefficient (Wildman–Crippen LogP) is 3.65. The van der Waals surface area contributed by atoms with Crippen LogP contribution in [0, 0.1) is 0 Å². The van der Waals surface area contributed by atoms with E-state index in [1.807, 2.05) is 13.0 Å². The Kier molecular flexibility index (Phi) is 5.36. The fourth-order valence-electron chi connectivity index (χ4n) is 1.90. The summed E-state index contributed by atoms with van der Waals surface area (Å²) in [6, 6.07) is 8.68. The van der Waals surface area contributed by atoms with Crippen LogP contribution in [0.15, 0.2) is 50.3 Å². The minimum absolute atomic E-state index is 0.0407. The minimum Gasteiger partial charge on any atom is -0.493 e. The number of benzene rings is 1. The van der Waals surface area contributed by atoms with Gasteiger partial charge in [0.2, 0.25) is 0 Å². The van der Waals surface area contributed by atoms with E-state index < -0.39 is 0 Å². The largest absolute Gasteiger partial charge is 0.493 e. The maximum absolute atomic E-state index is 12.4. The molecule has 0 saturated carbocycles. The fraction of sp³-hybridized carbons (Fsp3) is 0.200. The molecule has 0 unspecified atom stereocenters. The summed E-state index contributed by atoms with van der Waals surface area (Å²) in [4.78, 5) is 24.4. The number of carbonyl (C=O) groups excluding carboxylic acids is 1. The number of carbonyl (C=O) groups is 1. The maximum Gasteiger partial charge on any atom is 0.265 e. The summed E-state index contributed by atoms with van der Waals surface area (Å²) in [5, 5.41) is 0. The van der Waals surface area contributed by atoms with Gasteiger partial charge in [0.1, 0.15) is 5.75 Å².